The topological polar surface area (TPSA) is 78.2 Å². The first-order chi connectivity index (χ1) is 9.50. The summed E-state index contributed by atoms with van der Waals surface area (Å²) in [5.41, 5.74) is 0.0321. The smallest absolute Gasteiger partial charge is 0.245 e. The molecule has 0 amide bonds. The Morgan fingerprint density at radius 1 is 1.40 bits per heavy atom. The molecule has 1 unspecified atom stereocenters. The third-order valence-corrected chi connectivity index (χ3v) is 5.51. The predicted octanol–water partition coefficient (Wildman–Crippen LogP) is 1.95. The molecular formula is C13H13ClN2O3S. The molecule has 2 rings (SSSR count). The summed E-state index contributed by atoms with van der Waals surface area (Å²) in [6, 6.07) is 5.27. The van der Waals surface area contributed by atoms with Crippen molar-refractivity contribution >= 4 is 27.9 Å². The molecule has 1 saturated heterocycles. The highest BCUT2D eigenvalue weighted by Crippen LogP contribution is 2.28. The Bertz CT molecular complexity index is 667. The maximum atomic E-state index is 12.6. The van der Waals surface area contributed by atoms with Gasteiger partial charge in [0.25, 0.3) is 0 Å². The number of hydrogen-bond acceptors (Lipinski definition) is 4. The zero-order chi connectivity index (χ0) is 14.8. The molecule has 1 fully saturated rings. The number of carbonyl (C=O) groups is 1. The molecule has 20 heavy (non-hydrogen) atoms. The van der Waals surface area contributed by atoms with Crippen LogP contribution in [-0.2, 0) is 14.8 Å². The lowest BCUT2D eigenvalue weighted by atomic mass is 10.1. The quantitative estimate of drug-likeness (QED) is 0.799. The molecule has 0 spiro atoms. The summed E-state index contributed by atoms with van der Waals surface area (Å²) < 4.78 is 26.5. The van der Waals surface area contributed by atoms with E-state index in [1.807, 2.05) is 6.07 Å². The number of halogens is 1. The number of nitrogens with zero attached hydrogens (tertiary/aromatic N) is 2. The molecule has 1 heterocycles. The lowest BCUT2D eigenvalue weighted by Crippen LogP contribution is -2.44. The fourth-order valence-corrected chi connectivity index (χ4v) is 4.33. The van der Waals surface area contributed by atoms with Crippen LogP contribution in [0.25, 0.3) is 0 Å². The molecule has 1 aliphatic heterocycles. The van der Waals surface area contributed by atoms with Crippen molar-refractivity contribution in [1.82, 2.24) is 4.31 Å². The normalized spacial score (nSPS) is 20.3. The van der Waals surface area contributed by atoms with Crippen molar-refractivity contribution in [1.29, 1.82) is 5.26 Å². The van der Waals surface area contributed by atoms with Gasteiger partial charge in [-0.2, -0.15) is 9.57 Å². The molecule has 0 aromatic heterocycles. The predicted molar refractivity (Wildman–Crippen MR) is 73.8 cm³/mol. The van der Waals surface area contributed by atoms with Gasteiger partial charge in [0.1, 0.15) is 17.3 Å². The van der Waals surface area contributed by atoms with Crippen LogP contribution in [0.4, 0.5) is 0 Å². The van der Waals surface area contributed by atoms with Gasteiger partial charge in [0.05, 0.1) is 11.6 Å². The molecule has 0 N–H and O–H groups in total. The molecule has 0 aliphatic carbocycles. The molecule has 5 nitrogen and oxygen atoms in total. The van der Waals surface area contributed by atoms with E-state index in [4.69, 9.17) is 16.9 Å². The zero-order valence-electron chi connectivity index (χ0n) is 10.6. The first kappa shape index (κ1) is 15.0. The Balaban J connectivity index is 2.52. The fraction of sp³-hybridized carbons (Fsp3) is 0.385. The molecule has 7 heteroatoms. The highest BCUT2D eigenvalue weighted by molar-refractivity contribution is 7.89. The van der Waals surface area contributed by atoms with Gasteiger partial charge in [-0.3, -0.25) is 0 Å². The van der Waals surface area contributed by atoms with Crippen LogP contribution < -0.4 is 0 Å². The van der Waals surface area contributed by atoms with Gasteiger partial charge < -0.3 is 4.79 Å². The maximum absolute atomic E-state index is 12.6. The molecule has 0 saturated carbocycles. The number of benzene rings is 1. The standard InChI is InChI=1S/C13H13ClN2O3S/c14-11-5-4-10(8-15)13(7-11)20(18,19)16-6-2-1-3-12(16)9-17/h4-5,7,9,12H,1-3,6H2. The van der Waals surface area contributed by atoms with Gasteiger partial charge in [-0.1, -0.05) is 18.0 Å². The van der Waals surface area contributed by atoms with Crippen molar-refractivity contribution in [3.05, 3.63) is 28.8 Å². The number of hydrogen-bond donors (Lipinski definition) is 0. The number of aldehydes is 1. The molecular weight excluding hydrogens is 300 g/mol. The van der Waals surface area contributed by atoms with Crippen molar-refractivity contribution in [2.75, 3.05) is 6.54 Å². The van der Waals surface area contributed by atoms with Crippen LogP contribution in [0.15, 0.2) is 23.1 Å². The van der Waals surface area contributed by atoms with Crippen molar-refractivity contribution < 1.29 is 13.2 Å². The summed E-state index contributed by atoms with van der Waals surface area (Å²) in [6.45, 7) is 0.281. The first-order valence-corrected chi connectivity index (χ1v) is 7.99. The fourth-order valence-electron chi connectivity index (χ4n) is 2.29. The SMILES string of the molecule is N#Cc1ccc(Cl)cc1S(=O)(=O)N1CCCCC1C=O. The third kappa shape index (κ3) is 2.70. The van der Waals surface area contributed by atoms with E-state index in [0.29, 0.717) is 19.1 Å². The molecule has 1 atom stereocenters. The second kappa shape index (κ2) is 5.92. The van der Waals surface area contributed by atoms with E-state index in [9.17, 15) is 13.2 Å². The van der Waals surface area contributed by atoms with Crippen LogP contribution in [-0.4, -0.2) is 31.6 Å². The molecule has 1 aromatic rings. The van der Waals surface area contributed by atoms with Crippen LogP contribution in [0.2, 0.25) is 5.02 Å². The van der Waals surface area contributed by atoms with E-state index in [-0.39, 0.29) is 22.0 Å². The first-order valence-electron chi connectivity index (χ1n) is 6.17. The maximum Gasteiger partial charge on any atom is 0.245 e. The van der Waals surface area contributed by atoms with Gasteiger partial charge in [0, 0.05) is 11.6 Å². The summed E-state index contributed by atoms with van der Waals surface area (Å²) in [6.07, 6.45) is 2.67. The van der Waals surface area contributed by atoms with Crippen LogP contribution in [0.1, 0.15) is 24.8 Å². The number of rotatable bonds is 3. The highest BCUT2D eigenvalue weighted by atomic mass is 35.5. The van der Waals surface area contributed by atoms with Gasteiger partial charge in [-0.05, 0) is 31.0 Å². The van der Waals surface area contributed by atoms with Crippen molar-refractivity contribution in [3.63, 3.8) is 0 Å². The van der Waals surface area contributed by atoms with Gasteiger partial charge in [-0.15, -0.1) is 0 Å². The summed E-state index contributed by atoms with van der Waals surface area (Å²) >= 11 is 5.83. The van der Waals surface area contributed by atoms with E-state index >= 15 is 0 Å². The van der Waals surface area contributed by atoms with Crippen molar-refractivity contribution in [2.45, 2.75) is 30.2 Å². The Morgan fingerprint density at radius 2 is 2.15 bits per heavy atom. The third-order valence-electron chi connectivity index (χ3n) is 3.31. The van der Waals surface area contributed by atoms with Crippen molar-refractivity contribution in [3.8, 4) is 6.07 Å². The lowest BCUT2D eigenvalue weighted by Gasteiger charge is -2.31. The molecule has 0 bridgehead atoms. The van der Waals surface area contributed by atoms with Gasteiger partial charge in [-0.25, -0.2) is 8.42 Å². The summed E-state index contributed by atoms with van der Waals surface area (Å²) in [5, 5.41) is 9.29. The van der Waals surface area contributed by atoms with Gasteiger partial charge in [0.2, 0.25) is 10.0 Å². The minimum Gasteiger partial charge on any atom is -0.302 e. The zero-order valence-corrected chi connectivity index (χ0v) is 12.2. The van der Waals surface area contributed by atoms with Crippen LogP contribution in [0, 0.1) is 11.3 Å². The number of carbonyl (C=O) groups excluding carboxylic acids is 1. The van der Waals surface area contributed by atoms with E-state index < -0.39 is 16.1 Å². The second-order valence-electron chi connectivity index (χ2n) is 4.57. The lowest BCUT2D eigenvalue weighted by molar-refractivity contribution is -0.111. The number of sulfonamides is 1. The molecule has 1 aliphatic rings. The Labute approximate surface area is 122 Å². The van der Waals surface area contributed by atoms with E-state index in [1.165, 1.54) is 18.2 Å². The van der Waals surface area contributed by atoms with E-state index in [2.05, 4.69) is 0 Å². The minimum atomic E-state index is -3.89. The van der Waals surface area contributed by atoms with Crippen LogP contribution in [0.5, 0.6) is 0 Å². The average Bonchev–Trinajstić information content (AvgIpc) is 2.47. The largest absolute Gasteiger partial charge is 0.302 e. The summed E-state index contributed by atoms with van der Waals surface area (Å²) in [7, 11) is -3.89. The number of nitriles is 1. The van der Waals surface area contributed by atoms with E-state index in [1.54, 1.807) is 0 Å². The minimum absolute atomic E-state index is 0.0321. The monoisotopic (exact) mass is 312 g/mol. The molecule has 1 aromatic carbocycles. The van der Waals surface area contributed by atoms with Gasteiger partial charge in [0.15, 0.2) is 0 Å². The number of piperidine rings is 1. The average molecular weight is 313 g/mol. The summed E-state index contributed by atoms with van der Waals surface area (Å²) in [5.74, 6) is 0. The Hall–Kier alpha value is -1.42. The summed E-state index contributed by atoms with van der Waals surface area (Å²) in [4.78, 5) is 10.9. The van der Waals surface area contributed by atoms with E-state index in [0.717, 1.165) is 10.7 Å². The van der Waals surface area contributed by atoms with Gasteiger partial charge >= 0.3 is 0 Å². The Morgan fingerprint density at radius 3 is 2.80 bits per heavy atom. The molecule has 0 radical (unpaired) electrons. The highest BCUT2D eigenvalue weighted by Gasteiger charge is 2.34. The Kier molecular flexibility index (Phi) is 4.43. The molecule has 106 valence electrons. The van der Waals surface area contributed by atoms with Crippen LogP contribution in [0.3, 0.4) is 0 Å². The van der Waals surface area contributed by atoms with Crippen molar-refractivity contribution in [2.24, 2.45) is 0 Å². The second-order valence-corrected chi connectivity index (χ2v) is 6.86. The van der Waals surface area contributed by atoms with Crippen LogP contribution >= 0.6 is 11.6 Å².